The summed E-state index contributed by atoms with van der Waals surface area (Å²) in [7, 11) is 0. The Morgan fingerprint density at radius 2 is 1.52 bits per heavy atom. The highest BCUT2D eigenvalue weighted by atomic mass is 35.5. The Bertz CT molecular complexity index is 1000. The third-order valence-electron chi connectivity index (χ3n) is 7.06. The van der Waals surface area contributed by atoms with Gasteiger partial charge in [0.05, 0.1) is 0 Å². The summed E-state index contributed by atoms with van der Waals surface area (Å²) in [6.45, 7) is 2.27. The lowest BCUT2D eigenvalue weighted by atomic mass is 9.74. The SMILES string of the molecule is O=C(Nc1ccc(Cl)cc1)c1cc2c3c(c1)[C@@H]1C=CC[C@@H]1CN3C[C@H]1CC=C[C@H]21. The highest BCUT2D eigenvalue weighted by molar-refractivity contribution is 6.30. The molecule has 2 aliphatic heterocycles. The van der Waals surface area contributed by atoms with Crippen molar-refractivity contribution in [3.05, 3.63) is 82.4 Å². The first-order chi connectivity index (χ1) is 14.2. The van der Waals surface area contributed by atoms with Crippen LogP contribution in [-0.4, -0.2) is 19.0 Å². The number of rotatable bonds is 2. The molecule has 29 heavy (non-hydrogen) atoms. The molecular weight excluding hydrogens is 380 g/mol. The first-order valence-electron chi connectivity index (χ1n) is 10.5. The van der Waals surface area contributed by atoms with Crippen LogP contribution in [0.2, 0.25) is 5.02 Å². The van der Waals surface area contributed by atoms with Crippen LogP contribution in [0.3, 0.4) is 0 Å². The minimum Gasteiger partial charge on any atom is -0.370 e. The van der Waals surface area contributed by atoms with Gasteiger partial charge in [-0.15, -0.1) is 0 Å². The zero-order valence-electron chi connectivity index (χ0n) is 16.1. The molecule has 0 aromatic heterocycles. The van der Waals surface area contributed by atoms with Gasteiger partial charge in [0.1, 0.15) is 0 Å². The average Bonchev–Trinajstić information content (AvgIpc) is 3.39. The summed E-state index contributed by atoms with van der Waals surface area (Å²) < 4.78 is 0. The molecule has 0 bridgehead atoms. The summed E-state index contributed by atoms with van der Waals surface area (Å²) in [6.07, 6.45) is 11.6. The normalized spacial score (nSPS) is 28.1. The third-order valence-corrected chi connectivity index (χ3v) is 7.31. The van der Waals surface area contributed by atoms with Crippen LogP contribution in [0.4, 0.5) is 11.4 Å². The lowest BCUT2D eigenvalue weighted by Crippen LogP contribution is -2.43. The number of nitrogens with one attached hydrogen (secondary N) is 1. The molecule has 0 saturated heterocycles. The van der Waals surface area contributed by atoms with E-state index in [1.165, 1.54) is 16.8 Å². The summed E-state index contributed by atoms with van der Waals surface area (Å²) in [5.41, 5.74) is 5.61. The van der Waals surface area contributed by atoms with Crippen LogP contribution >= 0.6 is 11.6 Å². The molecule has 4 aliphatic rings. The molecule has 146 valence electrons. The molecule has 3 nitrogen and oxygen atoms in total. The number of hydrogen-bond acceptors (Lipinski definition) is 2. The minimum absolute atomic E-state index is 0.0499. The van der Waals surface area contributed by atoms with Crippen molar-refractivity contribution < 1.29 is 4.79 Å². The van der Waals surface area contributed by atoms with E-state index in [4.69, 9.17) is 11.6 Å². The average molecular weight is 403 g/mol. The number of benzene rings is 2. The monoisotopic (exact) mass is 402 g/mol. The lowest BCUT2D eigenvalue weighted by molar-refractivity contribution is 0.102. The number of carbonyl (C=O) groups is 1. The number of anilines is 2. The number of allylic oxidation sites excluding steroid dienone is 4. The molecule has 2 aliphatic carbocycles. The highest BCUT2D eigenvalue weighted by Crippen LogP contribution is 2.53. The summed E-state index contributed by atoms with van der Waals surface area (Å²) in [5, 5.41) is 3.71. The van der Waals surface area contributed by atoms with E-state index in [0.29, 0.717) is 28.7 Å². The number of halogens is 1. The third kappa shape index (κ3) is 2.75. The van der Waals surface area contributed by atoms with Gasteiger partial charge >= 0.3 is 0 Å². The zero-order chi connectivity index (χ0) is 19.5. The molecular formula is C25H23ClN2O. The molecule has 6 rings (SSSR count). The largest absolute Gasteiger partial charge is 0.370 e. The number of fused-ring (bicyclic) bond motifs is 4. The molecule has 0 radical (unpaired) electrons. The minimum atomic E-state index is -0.0499. The highest BCUT2D eigenvalue weighted by Gasteiger charge is 2.42. The second-order valence-electron chi connectivity index (χ2n) is 8.77. The molecule has 0 saturated carbocycles. The van der Waals surface area contributed by atoms with E-state index in [1.54, 1.807) is 12.1 Å². The van der Waals surface area contributed by atoms with E-state index >= 15 is 0 Å². The van der Waals surface area contributed by atoms with Crippen LogP contribution in [0, 0.1) is 11.8 Å². The summed E-state index contributed by atoms with van der Waals surface area (Å²) >= 11 is 5.98. The number of amides is 1. The molecule has 2 aromatic carbocycles. The standard InChI is InChI=1S/C25H23ClN2O/c26-18-7-9-19(10-8-18)27-25(29)17-11-22-20-5-1-3-15(20)13-28-14-16-4-2-6-21(16)23(12-17)24(22)28/h1-2,5-12,15-16,20-21H,3-4,13-14H2,(H,27,29)/t15-,16-,20-,21+/m1/s1. The fourth-order valence-electron chi connectivity index (χ4n) is 5.74. The van der Waals surface area contributed by atoms with E-state index < -0.39 is 0 Å². The van der Waals surface area contributed by atoms with Gasteiger partial charge in [0.25, 0.3) is 5.91 Å². The first-order valence-corrected chi connectivity index (χ1v) is 10.9. The van der Waals surface area contributed by atoms with Crippen molar-refractivity contribution in [3.63, 3.8) is 0 Å². The van der Waals surface area contributed by atoms with Crippen molar-refractivity contribution in [1.82, 2.24) is 0 Å². The van der Waals surface area contributed by atoms with Crippen LogP contribution in [-0.2, 0) is 0 Å². The second-order valence-corrected chi connectivity index (χ2v) is 9.21. The van der Waals surface area contributed by atoms with Gasteiger partial charge in [-0.25, -0.2) is 0 Å². The van der Waals surface area contributed by atoms with Crippen molar-refractivity contribution in [1.29, 1.82) is 0 Å². The Labute approximate surface area is 176 Å². The van der Waals surface area contributed by atoms with Gasteiger partial charge in [0.2, 0.25) is 0 Å². The molecule has 0 fully saturated rings. The molecule has 1 amide bonds. The Morgan fingerprint density at radius 3 is 2.10 bits per heavy atom. The summed E-state index contributed by atoms with van der Waals surface area (Å²) in [4.78, 5) is 15.7. The quantitative estimate of drug-likeness (QED) is 0.649. The van der Waals surface area contributed by atoms with Crippen LogP contribution in [0.5, 0.6) is 0 Å². The van der Waals surface area contributed by atoms with Crippen molar-refractivity contribution in [2.24, 2.45) is 11.8 Å². The summed E-state index contributed by atoms with van der Waals surface area (Å²) in [6, 6.07) is 11.6. The Balaban J connectivity index is 1.44. The predicted molar refractivity (Wildman–Crippen MR) is 118 cm³/mol. The van der Waals surface area contributed by atoms with Crippen molar-refractivity contribution in [2.45, 2.75) is 24.7 Å². The maximum atomic E-state index is 13.1. The molecule has 1 N–H and O–H groups in total. The smallest absolute Gasteiger partial charge is 0.255 e. The maximum absolute atomic E-state index is 13.1. The van der Waals surface area contributed by atoms with E-state index in [-0.39, 0.29) is 5.91 Å². The zero-order valence-corrected chi connectivity index (χ0v) is 16.9. The van der Waals surface area contributed by atoms with E-state index in [9.17, 15) is 4.79 Å². The van der Waals surface area contributed by atoms with Crippen molar-refractivity contribution >= 4 is 28.9 Å². The van der Waals surface area contributed by atoms with Gasteiger partial charge in [0.15, 0.2) is 0 Å². The van der Waals surface area contributed by atoms with E-state index in [1.807, 2.05) is 12.1 Å². The van der Waals surface area contributed by atoms with Gasteiger partial charge in [0, 0.05) is 46.9 Å². The summed E-state index contributed by atoms with van der Waals surface area (Å²) in [5.74, 6) is 2.09. The Morgan fingerprint density at radius 1 is 0.931 bits per heavy atom. The van der Waals surface area contributed by atoms with Crippen LogP contribution in [0.25, 0.3) is 0 Å². The fraction of sp³-hybridized carbons (Fsp3) is 0.320. The molecule has 0 spiro atoms. The molecule has 4 atom stereocenters. The Kier molecular flexibility index (Phi) is 3.89. The van der Waals surface area contributed by atoms with Gasteiger partial charge in [-0.2, -0.15) is 0 Å². The predicted octanol–water partition coefficient (Wildman–Crippen LogP) is 5.75. The van der Waals surface area contributed by atoms with Crippen molar-refractivity contribution in [3.8, 4) is 0 Å². The fourth-order valence-corrected chi connectivity index (χ4v) is 5.87. The topological polar surface area (TPSA) is 32.3 Å². The maximum Gasteiger partial charge on any atom is 0.255 e. The van der Waals surface area contributed by atoms with Crippen LogP contribution in [0.15, 0.2) is 60.7 Å². The molecule has 0 unspecified atom stereocenters. The Hall–Kier alpha value is -2.52. The number of carbonyl (C=O) groups excluding carboxylic acids is 1. The van der Waals surface area contributed by atoms with Gasteiger partial charge in [-0.3, -0.25) is 4.79 Å². The van der Waals surface area contributed by atoms with Gasteiger partial charge in [-0.05, 0) is 72.2 Å². The van der Waals surface area contributed by atoms with Crippen LogP contribution < -0.4 is 10.2 Å². The molecule has 2 heterocycles. The number of hydrogen-bond donors (Lipinski definition) is 1. The second kappa shape index (κ2) is 6.50. The van der Waals surface area contributed by atoms with Gasteiger partial charge < -0.3 is 10.2 Å². The van der Waals surface area contributed by atoms with E-state index in [2.05, 4.69) is 46.7 Å². The van der Waals surface area contributed by atoms with Gasteiger partial charge in [-0.1, -0.05) is 35.9 Å². The van der Waals surface area contributed by atoms with Crippen molar-refractivity contribution in [2.75, 3.05) is 23.3 Å². The van der Waals surface area contributed by atoms with Crippen LogP contribution in [0.1, 0.15) is 46.2 Å². The molecule has 4 heteroatoms. The number of nitrogens with zero attached hydrogens (tertiary/aromatic N) is 1. The first kappa shape index (κ1) is 17.3. The molecule has 2 aromatic rings. The van der Waals surface area contributed by atoms with E-state index in [0.717, 1.165) is 37.2 Å². The lowest BCUT2D eigenvalue weighted by Gasteiger charge is -2.46.